The van der Waals surface area contributed by atoms with Crippen LogP contribution in [-0.2, 0) is 19.9 Å². The molecule has 3 aromatic carbocycles. The Bertz CT molecular complexity index is 1070. The van der Waals surface area contributed by atoms with Crippen LogP contribution in [0.1, 0.15) is 43.4 Å². The molecule has 0 fully saturated rings. The fourth-order valence-corrected chi connectivity index (χ4v) is 3.71. The fraction of sp³-hybridized carbons (Fsp3) is 0.259. The molecule has 3 aromatic rings. The molecule has 32 heavy (non-hydrogen) atoms. The van der Waals surface area contributed by atoms with E-state index in [0.717, 1.165) is 0 Å². The van der Waals surface area contributed by atoms with Gasteiger partial charge >= 0.3 is 5.97 Å². The predicted molar refractivity (Wildman–Crippen MR) is 125 cm³/mol. The quantitative estimate of drug-likeness (QED) is 0.547. The molecule has 166 valence electrons. The highest BCUT2D eigenvalue weighted by molar-refractivity contribution is 5.95. The SMILES string of the molecule is COC(=O)[C@@](O)(c1ccccc1)[C@@H](c1ccccc1)c1ccccc1NC(=O)C(C)(C)C. The number of aliphatic hydroxyl groups is 1. The average molecular weight is 432 g/mol. The lowest BCUT2D eigenvalue weighted by Gasteiger charge is -2.36. The summed E-state index contributed by atoms with van der Waals surface area (Å²) in [5, 5.41) is 15.0. The molecule has 0 saturated carbocycles. The molecule has 2 N–H and O–H groups in total. The Morgan fingerprint density at radius 2 is 1.38 bits per heavy atom. The first-order valence-electron chi connectivity index (χ1n) is 10.5. The molecule has 0 radical (unpaired) electrons. The Hall–Kier alpha value is -3.44. The number of anilines is 1. The third kappa shape index (κ3) is 4.58. The first-order valence-corrected chi connectivity index (χ1v) is 10.5. The monoisotopic (exact) mass is 431 g/mol. The first kappa shape index (κ1) is 23.2. The van der Waals surface area contributed by atoms with Gasteiger partial charge in [-0.2, -0.15) is 0 Å². The topological polar surface area (TPSA) is 75.6 Å². The molecule has 0 aliphatic rings. The lowest BCUT2D eigenvalue weighted by Crippen LogP contribution is -2.43. The molecular weight excluding hydrogens is 402 g/mol. The maximum absolute atomic E-state index is 13.2. The van der Waals surface area contributed by atoms with E-state index in [4.69, 9.17) is 4.74 Å². The van der Waals surface area contributed by atoms with E-state index in [1.165, 1.54) is 7.11 Å². The van der Waals surface area contributed by atoms with Crippen molar-refractivity contribution in [1.29, 1.82) is 0 Å². The third-order valence-corrected chi connectivity index (χ3v) is 5.46. The highest BCUT2D eigenvalue weighted by Gasteiger charge is 2.49. The van der Waals surface area contributed by atoms with Gasteiger partial charge in [0.2, 0.25) is 5.91 Å². The van der Waals surface area contributed by atoms with Gasteiger partial charge in [-0.1, -0.05) is 99.6 Å². The maximum Gasteiger partial charge on any atom is 0.343 e. The van der Waals surface area contributed by atoms with E-state index in [0.29, 0.717) is 22.4 Å². The van der Waals surface area contributed by atoms with Crippen molar-refractivity contribution in [2.45, 2.75) is 32.3 Å². The number of hydrogen-bond donors (Lipinski definition) is 2. The molecule has 0 aliphatic heterocycles. The van der Waals surface area contributed by atoms with Crippen molar-refractivity contribution >= 4 is 17.6 Å². The molecule has 0 aliphatic carbocycles. The lowest BCUT2D eigenvalue weighted by atomic mass is 9.73. The van der Waals surface area contributed by atoms with E-state index >= 15 is 0 Å². The maximum atomic E-state index is 13.2. The van der Waals surface area contributed by atoms with Crippen LogP contribution in [-0.4, -0.2) is 24.1 Å². The zero-order valence-electron chi connectivity index (χ0n) is 18.8. The van der Waals surface area contributed by atoms with E-state index in [1.807, 2.05) is 75.4 Å². The molecule has 0 unspecified atom stereocenters. The number of rotatable bonds is 6. The summed E-state index contributed by atoms with van der Waals surface area (Å²) >= 11 is 0. The van der Waals surface area contributed by atoms with Crippen LogP contribution in [0.3, 0.4) is 0 Å². The van der Waals surface area contributed by atoms with Gasteiger partial charge in [0, 0.05) is 11.1 Å². The summed E-state index contributed by atoms with van der Waals surface area (Å²) in [7, 11) is 1.26. The van der Waals surface area contributed by atoms with Gasteiger partial charge in [0.1, 0.15) is 0 Å². The standard InChI is InChI=1S/C27H29NO4/c1-26(2,3)24(29)28-22-18-12-11-17-21(22)23(19-13-7-5-8-14-19)27(31,25(30)32-4)20-15-9-6-10-16-20/h5-18,23,31H,1-4H3,(H,28,29)/t23-,27+/m0/s1. The predicted octanol–water partition coefficient (Wildman–Crippen LogP) is 4.86. The van der Waals surface area contributed by atoms with Gasteiger partial charge in [-0.3, -0.25) is 4.79 Å². The second kappa shape index (κ2) is 9.37. The Morgan fingerprint density at radius 3 is 1.94 bits per heavy atom. The largest absolute Gasteiger partial charge is 0.467 e. The van der Waals surface area contributed by atoms with Crippen LogP contribution in [0, 0.1) is 5.41 Å². The second-order valence-electron chi connectivity index (χ2n) is 8.76. The number of methoxy groups -OCH3 is 1. The van der Waals surface area contributed by atoms with Crippen LogP contribution in [0.4, 0.5) is 5.69 Å². The summed E-state index contributed by atoms with van der Waals surface area (Å²) in [6.07, 6.45) is 0. The summed E-state index contributed by atoms with van der Waals surface area (Å²) in [4.78, 5) is 25.9. The normalized spacial score (nSPS) is 14.2. The summed E-state index contributed by atoms with van der Waals surface area (Å²) in [6.45, 7) is 5.48. The second-order valence-corrected chi connectivity index (χ2v) is 8.76. The van der Waals surface area contributed by atoms with Crippen LogP contribution in [0.25, 0.3) is 0 Å². The minimum absolute atomic E-state index is 0.168. The third-order valence-electron chi connectivity index (χ3n) is 5.46. The number of para-hydroxylation sites is 1. The van der Waals surface area contributed by atoms with Gasteiger partial charge in [0.05, 0.1) is 13.0 Å². The van der Waals surface area contributed by atoms with Crippen molar-refractivity contribution in [2.24, 2.45) is 5.41 Å². The highest BCUT2D eigenvalue weighted by Crippen LogP contribution is 2.45. The molecule has 5 nitrogen and oxygen atoms in total. The van der Waals surface area contributed by atoms with Crippen LogP contribution in [0.15, 0.2) is 84.9 Å². The minimum Gasteiger partial charge on any atom is -0.467 e. The van der Waals surface area contributed by atoms with E-state index in [1.54, 1.807) is 30.3 Å². The molecule has 5 heteroatoms. The van der Waals surface area contributed by atoms with Crippen molar-refractivity contribution in [1.82, 2.24) is 0 Å². The Morgan fingerprint density at radius 1 is 0.844 bits per heavy atom. The average Bonchev–Trinajstić information content (AvgIpc) is 2.80. The van der Waals surface area contributed by atoms with Gasteiger partial charge in [-0.25, -0.2) is 4.79 Å². The van der Waals surface area contributed by atoms with E-state index < -0.39 is 22.9 Å². The van der Waals surface area contributed by atoms with Gasteiger partial charge in [-0.05, 0) is 22.8 Å². The number of esters is 1. The molecule has 0 bridgehead atoms. The van der Waals surface area contributed by atoms with E-state index in [9.17, 15) is 14.7 Å². The number of amides is 1. The minimum atomic E-state index is -2.03. The van der Waals surface area contributed by atoms with Crippen molar-refractivity contribution in [2.75, 3.05) is 12.4 Å². The van der Waals surface area contributed by atoms with Gasteiger partial charge in [0.15, 0.2) is 5.60 Å². The van der Waals surface area contributed by atoms with Crippen LogP contribution >= 0.6 is 0 Å². The van der Waals surface area contributed by atoms with E-state index in [-0.39, 0.29) is 5.91 Å². The number of carbonyl (C=O) groups excluding carboxylic acids is 2. The Labute approximate surface area is 189 Å². The molecule has 0 aromatic heterocycles. The Kier molecular flexibility index (Phi) is 6.80. The summed E-state index contributed by atoms with van der Waals surface area (Å²) in [5.74, 6) is -1.79. The van der Waals surface area contributed by atoms with Crippen molar-refractivity contribution < 1.29 is 19.4 Å². The van der Waals surface area contributed by atoms with Crippen LogP contribution in [0.2, 0.25) is 0 Å². The van der Waals surface area contributed by atoms with Gasteiger partial charge in [-0.15, -0.1) is 0 Å². The molecular formula is C27H29NO4. The molecule has 3 rings (SSSR count). The molecule has 0 heterocycles. The zero-order valence-corrected chi connectivity index (χ0v) is 18.8. The highest BCUT2D eigenvalue weighted by atomic mass is 16.5. The van der Waals surface area contributed by atoms with Crippen LogP contribution < -0.4 is 5.32 Å². The van der Waals surface area contributed by atoms with E-state index in [2.05, 4.69) is 5.32 Å². The smallest absolute Gasteiger partial charge is 0.343 e. The number of benzene rings is 3. The summed E-state index contributed by atoms with van der Waals surface area (Å²) in [5.41, 5.74) is -0.403. The number of ether oxygens (including phenoxy) is 1. The summed E-state index contributed by atoms with van der Waals surface area (Å²) in [6, 6.07) is 25.2. The molecule has 1 amide bonds. The number of hydrogen-bond acceptors (Lipinski definition) is 4. The number of carbonyl (C=O) groups is 2. The molecule has 0 spiro atoms. The molecule has 2 atom stereocenters. The van der Waals surface area contributed by atoms with Gasteiger partial charge < -0.3 is 15.2 Å². The van der Waals surface area contributed by atoms with Crippen molar-refractivity contribution in [3.05, 3.63) is 102 Å². The van der Waals surface area contributed by atoms with Crippen LogP contribution in [0.5, 0.6) is 0 Å². The lowest BCUT2D eigenvalue weighted by molar-refractivity contribution is -0.165. The molecule has 0 saturated heterocycles. The summed E-state index contributed by atoms with van der Waals surface area (Å²) < 4.78 is 5.09. The number of nitrogens with one attached hydrogen (secondary N) is 1. The van der Waals surface area contributed by atoms with Crippen molar-refractivity contribution in [3.8, 4) is 0 Å². The van der Waals surface area contributed by atoms with Crippen molar-refractivity contribution in [3.63, 3.8) is 0 Å². The fourth-order valence-electron chi connectivity index (χ4n) is 3.71. The Balaban J connectivity index is 2.28. The first-order chi connectivity index (χ1) is 15.2. The van der Waals surface area contributed by atoms with Gasteiger partial charge in [0.25, 0.3) is 0 Å². The zero-order chi connectivity index (χ0) is 23.4.